The zero-order valence-electron chi connectivity index (χ0n) is 16.0. The zero-order chi connectivity index (χ0) is 19.4. The first kappa shape index (κ1) is 18.7. The second-order valence-corrected chi connectivity index (χ2v) is 6.36. The van der Waals surface area contributed by atoms with Crippen LogP contribution in [0.1, 0.15) is 53.0 Å². The molecule has 1 aromatic carbocycles. The fraction of sp³-hybridized carbons (Fsp3) is 0.350. The molecule has 1 N–H and O–H groups in total. The summed E-state index contributed by atoms with van der Waals surface area (Å²) in [6.07, 6.45) is 1.79. The summed E-state index contributed by atoms with van der Waals surface area (Å²) in [5, 5.41) is 11.2. The van der Waals surface area contributed by atoms with Gasteiger partial charge in [-0.15, -0.1) is 0 Å². The van der Waals surface area contributed by atoms with Gasteiger partial charge in [-0.05, 0) is 39.8 Å². The van der Waals surface area contributed by atoms with Crippen molar-refractivity contribution in [2.45, 2.75) is 46.9 Å². The van der Waals surface area contributed by atoms with Crippen molar-refractivity contribution in [3.05, 3.63) is 64.8 Å². The lowest BCUT2D eigenvalue weighted by molar-refractivity contribution is 0.0928. The number of hydrogen-bond donors (Lipinski definition) is 1. The number of aromatic nitrogens is 3. The molecule has 0 saturated carbocycles. The van der Waals surface area contributed by atoms with Crippen molar-refractivity contribution in [1.82, 2.24) is 20.3 Å². The Labute approximate surface area is 158 Å². The van der Waals surface area contributed by atoms with Crippen molar-refractivity contribution in [3.8, 4) is 5.75 Å². The van der Waals surface area contributed by atoms with E-state index in [1.807, 2.05) is 55.8 Å². The molecule has 3 aromatic rings. The summed E-state index contributed by atoms with van der Waals surface area (Å²) in [6, 6.07) is 9.23. The van der Waals surface area contributed by atoms with E-state index in [2.05, 4.69) is 15.6 Å². The Morgan fingerprint density at radius 2 is 2.04 bits per heavy atom. The normalized spacial score (nSPS) is 12.0. The lowest BCUT2D eigenvalue weighted by Gasteiger charge is -2.13. The van der Waals surface area contributed by atoms with Crippen LogP contribution in [0.15, 0.2) is 41.1 Å². The van der Waals surface area contributed by atoms with E-state index in [-0.39, 0.29) is 24.2 Å². The third-order valence-electron chi connectivity index (χ3n) is 4.58. The Morgan fingerprint density at radius 3 is 2.70 bits per heavy atom. The van der Waals surface area contributed by atoms with Gasteiger partial charge in [0.15, 0.2) is 5.69 Å². The average molecular weight is 368 g/mol. The minimum Gasteiger partial charge on any atom is -0.489 e. The molecule has 7 nitrogen and oxygen atoms in total. The van der Waals surface area contributed by atoms with Gasteiger partial charge in [0.1, 0.15) is 18.1 Å². The lowest BCUT2D eigenvalue weighted by atomic mass is 10.1. The van der Waals surface area contributed by atoms with Crippen molar-refractivity contribution >= 4 is 5.91 Å². The number of nitrogens with zero attached hydrogens (tertiary/aromatic N) is 3. The van der Waals surface area contributed by atoms with E-state index in [1.54, 1.807) is 13.1 Å². The van der Waals surface area contributed by atoms with Gasteiger partial charge in [0.25, 0.3) is 5.91 Å². The number of amides is 1. The molecule has 0 aliphatic carbocycles. The van der Waals surface area contributed by atoms with E-state index in [4.69, 9.17) is 9.26 Å². The SMILES string of the molecule is CCn1ncc(C(C)NC(=O)c2noc(C)c2COc2ccccc2)c1C. The molecule has 7 heteroatoms. The molecule has 27 heavy (non-hydrogen) atoms. The first-order valence-corrected chi connectivity index (χ1v) is 8.97. The number of carbonyl (C=O) groups excluding carboxylic acids is 1. The van der Waals surface area contributed by atoms with Crippen LogP contribution in [0.3, 0.4) is 0 Å². The van der Waals surface area contributed by atoms with Gasteiger partial charge in [-0.1, -0.05) is 23.4 Å². The van der Waals surface area contributed by atoms with Crippen LogP contribution < -0.4 is 10.1 Å². The van der Waals surface area contributed by atoms with E-state index in [9.17, 15) is 4.79 Å². The van der Waals surface area contributed by atoms with E-state index >= 15 is 0 Å². The molecule has 1 unspecified atom stereocenters. The molecule has 0 bridgehead atoms. The summed E-state index contributed by atoms with van der Waals surface area (Å²) >= 11 is 0. The highest BCUT2D eigenvalue weighted by molar-refractivity contribution is 5.94. The fourth-order valence-corrected chi connectivity index (χ4v) is 2.96. The molecule has 2 heterocycles. The molecule has 0 radical (unpaired) electrons. The number of para-hydroxylation sites is 1. The van der Waals surface area contributed by atoms with E-state index in [0.29, 0.717) is 11.3 Å². The van der Waals surface area contributed by atoms with E-state index in [1.165, 1.54) is 0 Å². The highest BCUT2D eigenvalue weighted by Crippen LogP contribution is 2.20. The minimum absolute atomic E-state index is 0.197. The van der Waals surface area contributed by atoms with Gasteiger partial charge in [0.2, 0.25) is 0 Å². The van der Waals surface area contributed by atoms with Gasteiger partial charge in [-0.3, -0.25) is 9.48 Å². The number of rotatable bonds is 7. The summed E-state index contributed by atoms with van der Waals surface area (Å²) in [5.74, 6) is 0.994. The summed E-state index contributed by atoms with van der Waals surface area (Å²) in [5.41, 5.74) is 2.90. The minimum atomic E-state index is -0.297. The maximum atomic E-state index is 12.7. The maximum Gasteiger partial charge on any atom is 0.274 e. The van der Waals surface area contributed by atoms with Crippen LogP contribution in [0.5, 0.6) is 5.75 Å². The monoisotopic (exact) mass is 368 g/mol. The Hall–Kier alpha value is -3.09. The summed E-state index contributed by atoms with van der Waals surface area (Å²) in [6.45, 7) is 8.72. The van der Waals surface area contributed by atoms with Crippen LogP contribution in [0.4, 0.5) is 0 Å². The topological polar surface area (TPSA) is 82.2 Å². The van der Waals surface area contributed by atoms with Crippen molar-refractivity contribution in [1.29, 1.82) is 0 Å². The summed E-state index contributed by atoms with van der Waals surface area (Å²) < 4.78 is 12.9. The number of hydrogen-bond acceptors (Lipinski definition) is 5. The number of nitrogens with one attached hydrogen (secondary N) is 1. The predicted molar refractivity (Wildman–Crippen MR) is 101 cm³/mol. The van der Waals surface area contributed by atoms with E-state index in [0.717, 1.165) is 23.6 Å². The smallest absolute Gasteiger partial charge is 0.274 e. The number of carbonyl (C=O) groups is 1. The highest BCUT2D eigenvalue weighted by Gasteiger charge is 2.23. The van der Waals surface area contributed by atoms with Gasteiger partial charge in [-0.2, -0.15) is 5.10 Å². The van der Waals surface area contributed by atoms with E-state index < -0.39 is 0 Å². The second-order valence-electron chi connectivity index (χ2n) is 6.36. The van der Waals surface area contributed by atoms with Gasteiger partial charge in [-0.25, -0.2) is 0 Å². The van der Waals surface area contributed by atoms with Gasteiger partial charge in [0.05, 0.1) is 17.8 Å². The highest BCUT2D eigenvalue weighted by atomic mass is 16.5. The molecule has 1 amide bonds. The first-order valence-electron chi connectivity index (χ1n) is 8.97. The van der Waals surface area contributed by atoms with Crippen LogP contribution >= 0.6 is 0 Å². The molecular formula is C20H24N4O3. The van der Waals surface area contributed by atoms with Crippen molar-refractivity contribution in [2.75, 3.05) is 0 Å². The lowest BCUT2D eigenvalue weighted by Crippen LogP contribution is -2.28. The molecule has 2 aromatic heterocycles. The molecule has 1 atom stereocenters. The Balaban J connectivity index is 1.72. The van der Waals surface area contributed by atoms with Crippen LogP contribution in [0.2, 0.25) is 0 Å². The van der Waals surface area contributed by atoms with Gasteiger partial charge < -0.3 is 14.6 Å². The third kappa shape index (κ3) is 4.02. The predicted octanol–water partition coefficient (Wildman–Crippen LogP) is 3.58. The molecule has 0 spiro atoms. The van der Waals surface area contributed by atoms with Crippen LogP contribution in [0.25, 0.3) is 0 Å². The molecule has 3 rings (SSSR count). The molecule has 0 fully saturated rings. The molecule has 142 valence electrons. The Bertz CT molecular complexity index is 915. The van der Waals surface area contributed by atoms with Gasteiger partial charge >= 0.3 is 0 Å². The average Bonchev–Trinajstić information content (AvgIpc) is 3.23. The standard InChI is InChI=1S/C20H24N4O3/c1-5-24-14(3)17(11-21-24)13(2)22-20(25)19-18(15(4)27-23-19)12-26-16-9-7-6-8-10-16/h6-11,13H,5,12H2,1-4H3,(H,22,25). The number of benzene rings is 1. The van der Waals surface area contributed by atoms with Crippen molar-refractivity contribution in [2.24, 2.45) is 0 Å². The Morgan fingerprint density at radius 1 is 1.30 bits per heavy atom. The molecule has 0 aliphatic heterocycles. The quantitative estimate of drug-likeness (QED) is 0.689. The maximum absolute atomic E-state index is 12.7. The first-order chi connectivity index (χ1) is 13.0. The van der Waals surface area contributed by atoms with Crippen LogP contribution in [0, 0.1) is 13.8 Å². The third-order valence-corrected chi connectivity index (χ3v) is 4.58. The second kappa shape index (κ2) is 8.07. The largest absolute Gasteiger partial charge is 0.489 e. The van der Waals surface area contributed by atoms with Gasteiger partial charge in [0, 0.05) is 17.8 Å². The van der Waals surface area contributed by atoms with Crippen LogP contribution in [-0.4, -0.2) is 20.8 Å². The Kier molecular flexibility index (Phi) is 5.59. The van der Waals surface area contributed by atoms with Crippen molar-refractivity contribution in [3.63, 3.8) is 0 Å². The molecular weight excluding hydrogens is 344 g/mol. The number of aryl methyl sites for hydroxylation is 2. The molecule has 0 saturated heterocycles. The fourth-order valence-electron chi connectivity index (χ4n) is 2.96. The summed E-state index contributed by atoms with van der Waals surface area (Å²) in [7, 11) is 0. The zero-order valence-corrected chi connectivity index (χ0v) is 16.0. The molecule has 0 aliphatic rings. The van der Waals surface area contributed by atoms with Crippen molar-refractivity contribution < 1.29 is 14.1 Å². The summed E-state index contributed by atoms with van der Waals surface area (Å²) in [4.78, 5) is 12.7. The van der Waals surface area contributed by atoms with Crippen LogP contribution in [-0.2, 0) is 13.2 Å². The number of ether oxygens (including phenoxy) is 1.